The Bertz CT molecular complexity index is 127. The van der Waals surface area contributed by atoms with E-state index in [9.17, 15) is 0 Å². The second kappa shape index (κ2) is 4.80. The molecule has 72 valence electrons. The Morgan fingerprint density at radius 3 is 2.83 bits per heavy atom. The molecule has 0 saturated carbocycles. The zero-order valence-corrected chi connectivity index (χ0v) is 8.29. The maximum atomic E-state index is 5.48. The molecule has 1 aliphatic heterocycles. The Morgan fingerprint density at radius 2 is 2.33 bits per heavy atom. The Morgan fingerprint density at radius 1 is 1.58 bits per heavy atom. The molecular weight excluding hydrogens is 150 g/mol. The molecule has 0 aromatic rings. The average Bonchev–Trinajstić information content (AvgIpc) is 2.37. The molecule has 0 spiro atoms. The predicted octanol–water partition coefficient (Wildman–Crippen LogP) is -0.0289. The molecular formula is C9H21N3. The molecule has 0 aliphatic carbocycles. The van der Waals surface area contributed by atoms with E-state index < -0.39 is 0 Å². The molecule has 1 heterocycles. The van der Waals surface area contributed by atoms with Crippen LogP contribution in [0, 0.1) is 0 Å². The molecule has 12 heavy (non-hydrogen) atoms. The summed E-state index contributed by atoms with van der Waals surface area (Å²) in [5.41, 5.74) is 5.48. The summed E-state index contributed by atoms with van der Waals surface area (Å²) in [6, 6.07) is 0.765. The maximum Gasteiger partial charge on any atom is 0.0220 e. The fraction of sp³-hybridized carbons (Fsp3) is 1.00. The molecule has 0 aromatic carbocycles. The first kappa shape index (κ1) is 9.96. The normalized spacial score (nSPS) is 25.5. The molecule has 1 fully saturated rings. The molecule has 3 heteroatoms. The van der Waals surface area contributed by atoms with Gasteiger partial charge in [-0.05, 0) is 33.5 Å². The number of hydrogen-bond acceptors (Lipinski definition) is 3. The van der Waals surface area contributed by atoms with E-state index in [1.54, 1.807) is 0 Å². The van der Waals surface area contributed by atoms with Crippen LogP contribution >= 0.6 is 0 Å². The number of nitrogens with zero attached hydrogens (tertiary/aromatic N) is 2. The highest BCUT2D eigenvalue weighted by atomic mass is 15.2. The molecule has 0 amide bonds. The highest BCUT2D eigenvalue weighted by Crippen LogP contribution is 2.14. The molecule has 1 rings (SSSR count). The van der Waals surface area contributed by atoms with Crippen molar-refractivity contribution in [3.05, 3.63) is 0 Å². The van der Waals surface area contributed by atoms with Crippen LogP contribution in [0.15, 0.2) is 0 Å². The number of hydrogen-bond donors (Lipinski definition) is 1. The molecule has 3 nitrogen and oxygen atoms in total. The highest BCUT2D eigenvalue weighted by Gasteiger charge is 2.21. The molecule has 2 N–H and O–H groups in total. The third-order valence-electron chi connectivity index (χ3n) is 2.70. The van der Waals surface area contributed by atoms with Crippen molar-refractivity contribution in [2.24, 2.45) is 5.73 Å². The minimum Gasteiger partial charge on any atom is -0.329 e. The van der Waals surface area contributed by atoms with Gasteiger partial charge in [-0.25, -0.2) is 0 Å². The van der Waals surface area contributed by atoms with Gasteiger partial charge in [-0.3, -0.25) is 0 Å². The van der Waals surface area contributed by atoms with Crippen LogP contribution in [0.4, 0.5) is 0 Å². The summed E-state index contributed by atoms with van der Waals surface area (Å²) in [6.45, 7) is 4.23. The first-order valence-electron chi connectivity index (χ1n) is 4.83. The second-order valence-electron chi connectivity index (χ2n) is 3.83. The fourth-order valence-corrected chi connectivity index (χ4v) is 1.88. The lowest BCUT2D eigenvalue weighted by Gasteiger charge is -2.25. The SMILES string of the molecule is CN(CCN)C[C@@H]1CCCN1C. The van der Waals surface area contributed by atoms with Crippen molar-refractivity contribution in [1.82, 2.24) is 9.80 Å². The molecule has 1 saturated heterocycles. The van der Waals surface area contributed by atoms with Crippen LogP contribution in [0.2, 0.25) is 0 Å². The summed E-state index contributed by atoms with van der Waals surface area (Å²) in [7, 11) is 4.37. The molecule has 1 atom stereocenters. The first-order chi connectivity index (χ1) is 5.74. The van der Waals surface area contributed by atoms with Gasteiger partial charge in [0.05, 0.1) is 0 Å². The van der Waals surface area contributed by atoms with Crippen molar-refractivity contribution < 1.29 is 0 Å². The zero-order chi connectivity index (χ0) is 8.97. The third-order valence-corrected chi connectivity index (χ3v) is 2.70. The van der Waals surface area contributed by atoms with E-state index in [0.29, 0.717) is 0 Å². The van der Waals surface area contributed by atoms with Crippen LogP contribution in [0.5, 0.6) is 0 Å². The summed E-state index contributed by atoms with van der Waals surface area (Å²) in [4.78, 5) is 4.78. The van der Waals surface area contributed by atoms with Crippen molar-refractivity contribution in [3.63, 3.8) is 0 Å². The first-order valence-corrected chi connectivity index (χ1v) is 4.83. The Balaban J connectivity index is 2.20. The van der Waals surface area contributed by atoms with E-state index in [1.807, 2.05) is 0 Å². The van der Waals surface area contributed by atoms with Gasteiger partial charge >= 0.3 is 0 Å². The zero-order valence-electron chi connectivity index (χ0n) is 8.29. The summed E-state index contributed by atoms with van der Waals surface area (Å²) in [5, 5.41) is 0. The lowest BCUT2D eigenvalue weighted by Crippen LogP contribution is -2.38. The van der Waals surface area contributed by atoms with E-state index >= 15 is 0 Å². The standard InChI is InChI=1S/C9H21N3/c1-11(7-5-10)8-9-4-3-6-12(9)2/h9H,3-8,10H2,1-2H3/t9-/m0/s1. The van der Waals surface area contributed by atoms with Gasteiger partial charge in [0, 0.05) is 25.7 Å². The predicted molar refractivity (Wildman–Crippen MR) is 52.2 cm³/mol. The van der Waals surface area contributed by atoms with E-state index in [0.717, 1.165) is 19.1 Å². The molecule has 1 aliphatic rings. The second-order valence-corrected chi connectivity index (χ2v) is 3.83. The summed E-state index contributed by atoms with van der Waals surface area (Å²) >= 11 is 0. The topological polar surface area (TPSA) is 32.5 Å². The van der Waals surface area contributed by atoms with Crippen molar-refractivity contribution in [2.45, 2.75) is 18.9 Å². The van der Waals surface area contributed by atoms with E-state index in [-0.39, 0.29) is 0 Å². The summed E-state index contributed by atoms with van der Waals surface area (Å²) in [5.74, 6) is 0. The molecule has 0 aromatic heterocycles. The van der Waals surface area contributed by atoms with Gasteiger partial charge in [0.15, 0.2) is 0 Å². The van der Waals surface area contributed by atoms with Crippen LogP contribution in [0.1, 0.15) is 12.8 Å². The van der Waals surface area contributed by atoms with Crippen molar-refractivity contribution in [1.29, 1.82) is 0 Å². The molecule has 0 unspecified atom stereocenters. The van der Waals surface area contributed by atoms with Crippen LogP contribution in [0.3, 0.4) is 0 Å². The van der Waals surface area contributed by atoms with Gasteiger partial charge in [0.2, 0.25) is 0 Å². The summed E-state index contributed by atoms with van der Waals surface area (Å²) < 4.78 is 0. The largest absolute Gasteiger partial charge is 0.329 e. The Kier molecular flexibility index (Phi) is 3.98. The molecule has 0 bridgehead atoms. The number of likely N-dealkylation sites (tertiary alicyclic amines) is 1. The molecule has 0 radical (unpaired) electrons. The minimum absolute atomic E-state index is 0.765. The van der Waals surface area contributed by atoms with Gasteiger partial charge in [-0.2, -0.15) is 0 Å². The van der Waals surface area contributed by atoms with Gasteiger partial charge in [-0.1, -0.05) is 0 Å². The third kappa shape index (κ3) is 2.73. The van der Waals surface area contributed by atoms with Gasteiger partial charge in [-0.15, -0.1) is 0 Å². The van der Waals surface area contributed by atoms with Crippen molar-refractivity contribution in [2.75, 3.05) is 40.3 Å². The quantitative estimate of drug-likeness (QED) is 0.645. The van der Waals surface area contributed by atoms with Crippen molar-refractivity contribution >= 4 is 0 Å². The maximum absolute atomic E-state index is 5.48. The lowest BCUT2D eigenvalue weighted by atomic mass is 10.2. The number of likely N-dealkylation sites (N-methyl/N-ethyl adjacent to an activating group) is 2. The smallest absolute Gasteiger partial charge is 0.0220 e. The Hall–Kier alpha value is -0.120. The van der Waals surface area contributed by atoms with E-state index in [2.05, 4.69) is 23.9 Å². The average molecular weight is 171 g/mol. The van der Waals surface area contributed by atoms with Gasteiger partial charge < -0.3 is 15.5 Å². The number of rotatable bonds is 4. The highest BCUT2D eigenvalue weighted by molar-refractivity contribution is 4.78. The van der Waals surface area contributed by atoms with E-state index in [1.165, 1.54) is 25.9 Å². The monoisotopic (exact) mass is 171 g/mol. The minimum atomic E-state index is 0.765. The van der Waals surface area contributed by atoms with Crippen molar-refractivity contribution in [3.8, 4) is 0 Å². The van der Waals surface area contributed by atoms with Crippen LogP contribution in [-0.4, -0.2) is 56.1 Å². The number of nitrogens with two attached hydrogens (primary N) is 1. The summed E-state index contributed by atoms with van der Waals surface area (Å²) in [6.07, 6.45) is 2.71. The Labute approximate surface area is 75.5 Å². The van der Waals surface area contributed by atoms with Gasteiger partial charge in [0.25, 0.3) is 0 Å². The van der Waals surface area contributed by atoms with E-state index in [4.69, 9.17) is 5.73 Å². The lowest BCUT2D eigenvalue weighted by molar-refractivity contribution is 0.223. The van der Waals surface area contributed by atoms with Crippen LogP contribution in [-0.2, 0) is 0 Å². The van der Waals surface area contributed by atoms with Gasteiger partial charge in [0.1, 0.15) is 0 Å². The fourth-order valence-electron chi connectivity index (χ4n) is 1.88. The van der Waals surface area contributed by atoms with Crippen LogP contribution < -0.4 is 5.73 Å². The van der Waals surface area contributed by atoms with Crippen LogP contribution in [0.25, 0.3) is 0 Å².